The molecule has 0 heterocycles. The van der Waals surface area contributed by atoms with E-state index in [9.17, 15) is 0 Å². The van der Waals surface area contributed by atoms with Gasteiger partial charge in [-0.05, 0) is 55.4 Å². The highest BCUT2D eigenvalue weighted by Gasteiger charge is 2.03. The topological polar surface area (TPSA) is 0 Å². The Labute approximate surface area is 98.0 Å². The summed E-state index contributed by atoms with van der Waals surface area (Å²) in [6.07, 6.45) is 9.58. The van der Waals surface area contributed by atoms with E-state index in [-0.39, 0.29) is 0 Å². The Hall–Kier alpha value is -1.52. The molecule has 0 saturated carbocycles. The minimum atomic E-state index is 1.22. The molecule has 16 heavy (non-hydrogen) atoms. The number of benzene rings is 1. The second-order valence-corrected chi connectivity index (χ2v) is 4.30. The molecule has 0 bridgehead atoms. The third-order valence-corrected chi connectivity index (χ3v) is 3.03. The van der Waals surface area contributed by atoms with Gasteiger partial charge in [0.15, 0.2) is 0 Å². The Bertz CT molecular complexity index is 428. The van der Waals surface area contributed by atoms with Gasteiger partial charge in [-0.15, -0.1) is 5.73 Å². The van der Waals surface area contributed by atoms with Crippen molar-refractivity contribution in [1.82, 2.24) is 0 Å². The van der Waals surface area contributed by atoms with E-state index >= 15 is 0 Å². The summed E-state index contributed by atoms with van der Waals surface area (Å²) >= 11 is 0. The van der Waals surface area contributed by atoms with E-state index in [0.717, 1.165) is 0 Å². The van der Waals surface area contributed by atoms with Gasteiger partial charge in [0.05, 0.1) is 0 Å². The van der Waals surface area contributed by atoms with Gasteiger partial charge in [0.25, 0.3) is 0 Å². The van der Waals surface area contributed by atoms with Crippen LogP contribution in [-0.4, -0.2) is 0 Å². The van der Waals surface area contributed by atoms with Gasteiger partial charge in [0.2, 0.25) is 0 Å². The Morgan fingerprint density at radius 1 is 1.19 bits per heavy atom. The van der Waals surface area contributed by atoms with Gasteiger partial charge in [0, 0.05) is 0 Å². The summed E-state index contributed by atoms with van der Waals surface area (Å²) < 4.78 is 0. The van der Waals surface area contributed by atoms with Crippen LogP contribution in [0.15, 0.2) is 53.3 Å². The molecular formula is C16H18. The molecule has 0 heteroatoms. The molecule has 0 atom stereocenters. The molecule has 0 fully saturated rings. The van der Waals surface area contributed by atoms with Gasteiger partial charge < -0.3 is 0 Å². The first-order valence-electron chi connectivity index (χ1n) is 6.04. The highest BCUT2D eigenvalue weighted by molar-refractivity contribution is 5.50. The van der Waals surface area contributed by atoms with Crippen molar-refractivity contribution in [3.63, 3.8) is 0 Å². The third kappa shape index (κ3) is 2.98. The van der Waals surface area contributed by atoms with Gasteiger partial charge in [-0.1, -0.05) is 36.4 Å². The minimum absolute atomic E-state index is 1.22. The monoisotopic (exact) mass is 210 g/mol. The van der Waals surface area contributed by atoms with E-state index in [1.807, 2.05) is 6.07 Å². The normalized spacial score (nSPS) is 14.9. The van der Waals surface area contributed by atoms with E-state index in [1.165, 1.54) is 42.4 Å². The fraction of sp³-hybridized carbons (Fsp3) is 0.312. The Kier molecular flexibility index (Phi) is 3.80. The van der Waals surface area contributed by atoms with Crippen LogP contribution >= 0.6 is 0 Å². The zero-order chi connectivity index (χ0) is 11.2. The highest BCUT2D eigenvalue weighted by Crippen LogP contribution is 2.22. The molecule has 0 saturated heterocycles. The molecule has 0 amide bonds. The van der Waals surface area contributed by atoms with Crippen molar-refractivity contribution in [2.45, 2.75) is 32.6 Å². The first kappa shape index (κ1) is 11.0. The maximum Gasteiger partial charge on any atom is -0.00623 e. The molecular weight excluding hydrogens is 192 g/mol. The molecule has 1 aromatic rings. The molecule has 1 aliphatic rings. The molecule has 2 rings (SSSR count). The quantitative estimate of drug-likeness (QED) is 0.618. The minimum Gasteiger partial charge on any atom is -0.117 e. The lowest BCUT2D eigenvalue weighted by atomic mass is 9.95. The van der Waals surface area contributed by atoms with Gasteiger partial charge in [0.1, 0.15) is 0 Å². The Balaban J connectivity index is 2.17. The molecule has 1 aliphatic carbocycles. The fourth-order valence-electron chi connectivity index (χ4n) is 2.01. The van der Waals surface area contributed by atoms with Gasteiger partial charge in [-0.2, -0.15) is 0 Å². The van der Waals surface area contributed by atoms with Crippen LogP contribution < -0.4 is 0 Å². The zero-order valence-corrected chi connectivity index (χ0v) is 9.87. The van der Waals surface area contributed by atoms with E-state index < -0.39 is 0 Å². The molecule has 82 valence electrons. The lowest BCUT2D eigenvalue weighted by Gasteiger charge is -2.11. The Morgan fingerprint density at radius 2 is 2.00 bits per heavy atom. The summed E-state index contributed by atoms with van der Waals surface area (Å²) in [5.74, 6) is 0. The number of hydrogen-bond donors (Lipinski definition) is 0. The fourth-order valence-corrected chi connectivity index (χ4v) is 2.01. The smallest absolute Gasteiger partial charge is 0.00623 e. The summed E-state index contributed by atoms with van der Waals surface area (Å²) in [6.45, 7) is 2.16. The molecule has 0 unspecified atom stereocenters. The molecule has 0 aromatic heterocycles. The maximum absolute atomic E-state index is 3.39. The predicted octanol–water partition coefficient (Wildman–Crippen LogP) is 4.75. The maximum atomic E-state index is 3.39. The number of hydrogen-bond acceptors (Lipinski definition) is 0. The summed E-state index contributed by atoms with van der Waals surface area (Å²) in [5, 5.41) is 0. The highest BCUT2D eigenvalue weighted by atomic mass is 14.1. The summed E-state index contributed by atoms with van der Waals surface area (Å²) in [5.41, 5.74) is 7.39. The van der Waals surface area contributed by atoms with Crippen molar-refractivity contribution in [2.75, 3.05) is 0 Å². The molecule has 1 aromatic carbocycles. The van der Waals surface area contributed by atoms with E-state index in [0.29, 0.717) is 0 Å². The molecule has 0 nitrogen and oxygen atoms in total. The molecule has 0 aliphatic heterocycles. The summed E-state index contributed by atoms with van der Waals surface area (Å²) in [4.78, 5) is 0. The first-order chi connectivity index (χ1) is 7.86. The van der Waals surface area contributed by atoms with Crippen molar-refractivity contribution in [1.29, 1.82) is 0 Å². The second kappa shape index (κ2) is 5.53. The SMILES string of the molecule is CC(=C=Cc1ccccc1)C1=CCCCC1. The summed E-state index contributed by atoms with van der Waals surface area (Å²) in [7, 11) is 0. The van der Waals surface area contributed by atoms with Crippen LogP contribution in [0.3, 0.4) is 0 Å². The standard InChI is InChI=1S/C16H18/c1-14(16-10-6-3-7-11-16)12-13-15-8-4-2-5-9-15/h2,4-5,8-10,13H,3,6-7,11H2,1H3. The summed E-state index contributed by atoms with van der Waals surface area (Å²) in [6, 6.07) is 10.4. The molecule has 0 spiro atoms. The van der Waals surface area contributed by atoms with E-state index in [1.54, 1.807) is 0 Å². The van der Waals surface area contributed by atoms with Gasteiger partial charge in [-0.3, -0.25) is 0 Å². The Morgan fingerprint density at radius 3 is 2.69 bits per heavy atom. The predicted molar refractivity (Wildman–Crippen MR) is 70.2 cm³/mol. The van der Waals surface area contributed by atoms with Crippen LogP contribution in [-0.2, 0) is 0 Å². The lowest BCUT2D eigenvalue weighted by Crippen LogP contribution is -1.92. The second-order valence-electron chi connectivity index (χ2n) is 4.30. The van der Waals surface area contributed by atoms with E-state index in [4.69, 9.17) is 0 Å². The number of rotatable bonds is 2. The van der Waals surface area contributed by atoms with Crippen molar-refractivity contribution < 1.29 is 0 Å². The lowest BCUT2D eigenvalue weighted by molar-refractivity contribution is 0.706. The van der Waals surface area contributed by atoms with Crippen molar-refractivity contribution in [3.8, 4) is 0 Å². The molecule has 0 radical (unpaired) electrons. The number of allylic oxidation sites excluding steroid dienone is 3. The van der Waals surface area contributed by atoms with Gasteiger partial charge in [-0.25, -0.2) is 0 Å². The van der Waals surface area contributed by atoms with Crippen LogP contribution in [0.2, 0.25) is 0 Å². The average Bonchev–Trinajstić information content (AvgIpc) is 2.38. The van der Waals surface area contributed by atoms with Crippen LogP contribution in [0.5, 0.6) is 0 Å². The van der Waals surface area contributed by atoms with Crippen molar-refractivity contribution in [3.05, 3.63) is 58.8 Å². The van der Waals surface area contributed by atoms with Crippen LogP contribution in [0.4, 0.5) is 0 Å². The van der Waals surface area contributed by atoms with Gasteiger partial charge >= 0.3 is 0 Å². The van der Waals surface area contributed by atoms with Crippen LogP contribution in [0.25, 0.3) is 6.08 Å². The van der Waals surface area contributed by atoms with Crippen LogP contribution in [0, 0.1) is 0 Å². The molecule has 0 N–H and O–H groups in total. The van der Waals surface area contributed by atoms with Crippen molar-refractivity contribution in [2.24, 2.45) is 0 Å². The zero-order valence-electron chi connectivity index (χ0n) is 9.87. The largest absolute Gasteiger partial charge is 0.117 e. The third-order valence-electron chi connectivity index (χ3n) is 3.03. The van der Waals surface area contributed by atoms with Crippen molar-refractivity contribution >= 4 is 6.08 Å². The first-order valence-corrected chi connectivity index (χ1v) is 6.04. The van der Waals surface area contributed by atoms with E-state index in [2.05, 4.69) is 49.1 Å². The van der Waals surface area contributed by atoms with Crippen LogP contribution in [0.1, 0.15) is 38.2 Å². The average molecular weight is 210 g/mol.